The summed E-state index contributed by atoms with van der Waals surface area (Å²) in [6.45, 7) is 2.69. The van der Waals surface area contributed by atoms with E-state index in [-0.39, 0.29) is 12.0 Å². The normalized spacial score (nSPS) is 24.1. The van der Waals surface area contributed by atoms with Gasteiger partial charge in [0.25, 0.3) is 0 Å². The second kappa shape index (κ2) is 5.92. The third-order valence-electron chi connectivity index (χ3n) is 4.80. The number of nitriles is 1. The van der Waals surface area contributed by atoms with Crippen molar-refractivity contribution in [1.82, 2.24) is 15.0 Å². The van der Waals surface area contributed by atoms with Crippen LogP contribution < -0.4 is 4.90 Å². The van der Waals surface area contributed by atoms with Crippen molar-refractivity contribution in [2.75, 3.05) is 24.5 Å². The minimum absolute atomic E-state index is 0.0101. The summed E-state index contributed by atoms with van der Waals surface area (Å²) in [6, 6.07) is 10.4. The van der Waals surface area contributed by atoms with Crippen molar-refractivity contribution < 1.29 is 4.52 Å². The average molecular weight is 309 g/mol. The van der Waals surface area contributed by atoms with Crippen LogP contribution in [0.5, 0.6) is 0 Å². The molecule has 2 aliphatic rings. The first kappa shape index (κ1) is 14.1. The van der Waals surface area contributed by atoms with Gasteiger partial charge in [0.05, 0.1) is 5.92 Å². The molecule has 0 bridgehead atoms. The van der Waals surface area contributed by atoms with Crippen LogP contribution in [-0.2, 0) is 0 Å². The van der Waals surface area contributed by atoms with E-state index in [2.05, 4.69) is 45.5 Å². The summed E-state index contributed by atoms with van der Waals surface area (Å²) in [5, 5.41) is 13.3. The molecule has 2 aromatic rings. The fourth-order valence-corrected chi connectivity index (χ4v) is 3.54. The molecule has 2 fully saturated rings. The minimum atomic E-state index is -0.0101. The van der Waals surface area contributed by atoms with E-state index < -0.39 is 0 Å². The third kappa shape index (κ3) is 2.63. The summed E-state index contributed by atoms with van der Waals surface area (Å²) < 4.78 is 5.51. The fourth-order valence-electron chi connectivity index (χ4n) is 3.54. The summed E-state index contributed by atoms with van der Waals surface area (Å²) in [7, 11) is 0. The van der Waals surface area contributed by atoms with Gasteiger partial charge in [-0.25, -0.2) is 0 Å². The molecule has 2 aliphatic heterocycles. The fraction of sp³-hybridized carbons (Fsp3) is 0.471. The number of aromatic nitrogens is 2. The highest BCUT2D eigenvalue weighted by Gasteiger charge is 2.33. The molecule has 2 unspecified atom stereocenters. The lowest BCUT2D eigenvalue weighted by atomic mass is 10.1. The molecular weight excluding hydrogens is 290 g/mol. The highest BCUT2D eigenvalue weighted by molar-refractivity contribution is 5.47. The molecule has 6 nitrogen and oxygen atoms in total. The lowest BCUT2D eigenvalue weighted by molar-refractivity contribution is 0.324. The van der Waals surface area contributed by atoms with Crippen molar-refractivity contribution in [3.05, 3.63) is 42.0 Å². The molecule has 0 saturated carbocycles. The van der Waals surface area contributed by atoms with Gasteiger partial charge < -0.3 is 9.42 Å². The van der Waals surface area contributed by atoms with Gasteiger partial charge in [-0.2, -0.15) is 10.2 Å². The summed E-state index contributed by atoms with van der Waals surface area (Å²) in [5.74, 6) is 1.65. The van der Waals surface area contributed by atoms with Gasteiger partial charge in [0, 0.05) is 25.3 Å². The van der Waals surface area contributed by atoms with Crippen LogP contribution in [-0.4, -0.2) is 34.7 Å². The maximum atomic E-state index is 9.16. The van der Waals surface area contributed by atoms with E-state index in [0.29, 0.717) is 11.7 Å². The first-order valence-corrected chi connectivity index (χ1v) is 8.15. The standard InChI is InChI=1S/C17H19N5O/c18-12-22-9-4-7-15(22)16-19-17(23-20-16)13-8-10-21(11-13)14-5-2-1-3-6-14/h1-3,5-6,13,15H,4,7-11H2. The number of rotatable bonds is 3. The zero-order chi connectivity index (χ0) is 15.6. The Morgan fingerprint density at radius 1 is 1.17 bits per heavy atom. The van der Waals surface area contributed by atoms with Gasteiger partial charge in [0.15, 0.2) is 12.0 Å². The SMILES string of the molecule is N#CN1CCCC1c1noc(C2CCN(c3ccccc3)C2)n1. The Morgan fingerprint density at radius 3 is 2.87 bits per heavy atom. The molecule has 0 N–H and O–H groups in total. The van der Waals surface area contributed by atoms with E-state index in [1.807, 2.05) is 6.07 Å². The van der Waals surface area contributed by atoms with Crippen LogP contribution in [0.1, 0.15) is 42.9 Å². The lowest BCUT2D eigenvalue weighted by Gasteiger charge is -2.17. The molecular formula is C17H19N5O. The molecule has 23 heavy (non-hydrogen) atoms. The first-order valence-electron chi connectivity index (χ1n) is 8.15. The van der Waals surface area contributed by atoms with Crippen LogP contribution in [0.25, 0.3) is 0 Å². The van der Waals surface area contributed by atoms with Gasteiger partial charge in [0.2, 0.25) is 5.89 Å². The third-order valence-corrected chi connectivity index (χ3v) is 4.80. The topological polar surface area (TPSA) is 69.2 Å². The molecule has 118 valence electrons. The predicted octanol–water partition coefficient (Wildman–Crippen LogP) is 2.68. The Balaban J connectivity index is 1.47. The van der Waals surface area contributed by atoms with Crippen LogP contribution in [0.4, 0.5) is 5.69 Å². The van der Waals surface area contributed by atoms with Crippen LogP contribution in [0.2, 0.25) is 0 Å². The molecule has 0 spiro atoms. The van der Waals surface area contributed by atoms with Gasteiger partial charge in [-0.05, 0) is 31.4 Å². The molecule has 6 heteroatoms. The summed E-state index contributed by atoms with van der Waals surface area (Å²) >= 11 is 0. The van der Waals surface area contributed by atoms with Crippen molar-refractivity contribution >= 4 is 5.69 Å². The molecule has 0 aliphatic carbocycles. The van der Waals surface area contributed by atoms with E-state index >= 15 is 0 Å². The van der Waals surface area contributed by atoms with Gasteiger partial charge in [-0.3, -0.25) is 4.90 Å². The first-order chi connectivity index (χ1) is 11.3. The number of hydrogen-bond donors (Lipinski definition) is 0. The maximum Gasteiger partial charge on any atom is 0.231 e. The summed E-state index contributed by atoms with van der Waals surface area (Å²) in [5.41, 5.74) is 1.24. The van der Waals surface area contributed by atoms with Gasteiger partial charge in [-0.1, -0.05) is 23.4 Å². The van der Waals surface area contributed by atoms with E-state index in [4.69, 9.17) is 9.78 Å². The predicted molar refractivity (Wildman–Crippen MR) is 84.6 cm³/mol. The number of benzene rings is 1. The highest BCUT2D eigenvalue weighted by Crippen LogP contribution is 2.33. The van der Waals surface area contributed by atoms with Crippen molar-refractivity contribution in [2.45, 2.75) is 31.2 Å². The lowest BCUT2D eigenvalue weighted by Crippen LogP contribution is -2.19. The Bertz CT molecular complexity index is 707. The zero-order valence-corrected chi connectivity index (χ0v) is 12.9. The quantitative estimate of drug-likeness (QED) is 0.812. The second-order valence-corrected chi connectivity index (χ2v) is 6.21. The van der Waals surface area contributed by atoms with Crippen molar-refractivity contribution in [2.24, 2.45) is 0 Å². The van der Waals surface area contributed by atoms with Gasteiger partial charge in [0.1, 0.15) is 6.04 Å². The number of likely N-dealkylation sites (tertiary alicyclic amines) is 1. The molecule has 1 aromatic carbocycles. The second-order valence-electron chi connectivity index (χ2n) is 6.21. The number of hydrogen-bond acceptors (Lipinski definition) is 6. The van der Waals surface area contributed by atoms with Crippen molar-refractivity contribution in [3.8, 4) is 6.19 Å². The van der Waals surface area contributed by atoms with Gasteiger partial charge in [-0.15, -0.1) is 0 Å². The Kier molecular flexibility index (Phi) is 3.62. The average Bonchev–Trinajstić information content (AvgIpc) is 3.33. The van der Waals surface area contributed by atoms with Crippen LogP contribution in [0, 0.1) is 11.5 Å². The molecule has 0 radical (unpaired) electrons. The zero-order valence-electron chi connectivity index (χ0n) is 12.9. The number of nitrogens with zero attached hydrogens (tertiary/aromatic N) is 5. The Hall–Kier alpha value is -2.55. The summed E-state index contributed by atoms with van der Waals surface area (Å²) in [6.07, 6.45) is 5.17. The highest BCUT2D eigenvalue weighted by atomic mass is 16.5. The molecule has 2 atom stereocenters. The molecule has 2 saturated heterocycles. The monoisotopic (exact) mass is 309 g/mol. The Morgan fingerprint density at radius 2 is 2.04 bits per heavy atom. The Labute approximate surface area is 135 Å². The van der Waals surface area contributed by atoms with E-state index in [0.717, 1.165) is 38.9 Å². The van der Waals surface area contributed by atoms with E-state index in [1.54, 1.807) is 4.90 Å². The van der Waals surface area contributed by atoms with Crippen molar-refractivity contribution in [3.63, 3.8) is 0 Å². The van der Waals surface area contributed by atoms with Crippen LogP contribution in [0.3, 0.4) is 0 Å². The van der Waals surface area contributed by atoms with Gasteiger partial charge >= 0.3 is 0 Å². The van der Waals surface area contributed by atoms with Crippen LogP contribution in [0.15, 0.2) is 34.9 Å². The van der Waals surface area contributed by atoms with Crippen molar-refractivity contribution in [1.29, 1.82) is 5.26 Å². The largest absolute Gasteiger partial charge is 0.371 e. The molecule has 1 aromatic heterocycles. The number of anilines is 1. The van der Waals surface area contributed by atoms with Crippen LogP contribution >= 0.6 is 0 Å². The maximum absolute atomic E-state index is 9.16. The molecule has 0 amide bonds. The van der Waals surface area contributed by atoms with E-state index in [9.17, 15) is 0 Å². The van der Waals surface area contributed by atoms with E-state index in [1.165, 1.54) is 5.69 Å². The number of para-hydroxylation sites is 1. The molecule has 3 heterocycles. The smallest absolute Gasteiger partial charge is 0.231 e. The summed E-state index contributed by atoms with van der Waals surface area (Å²) in [4.78, 5) is 8.71. The molecule has 4 rings (SSSR count). The minimum Gasteiger partial charge on any atom is -0.371 e.